The summed E-state index contributed by atoms with van der Waals surface area (Å²) in [6, 6.07) is 12.7. The highest BCUT2D eigenvalue weighted by Crippen LogP contribution is 2.29. The van der Waals surface area contributed by atoms with Crippen LogP contribution in [0.25, 0.3) is 0 Å². The van der Waals surface area contributed by atoms with Gasteiger partial charge in [-0.15, -0.1) is 0 Å². The largest absolute Gasteiger partial charge is 0.367 e. The van der Waals surface area contributed by atoms with Crippen molar-refractivity contribution in [2.45, 2.75) is 12.7 Å². The minimum absolute atomic E-state index is 0.0438. The molecule has 0 aliphatic heterocycles. The van der Waals surface area contributed by atoms with E-state index < -0.39 is 0 Å². The molecule has 1 unspecified atom stereocenters. The first-order valence-electron chi connectivity index (χ1n) is 7.56. The monoisotopic (exact) mass is 417 g/mol. The van der Waals surface area contributed by atoms with Crippen molar-refractivity contribution < 1.29 is 9.53 Å². The maximum Gasteiger partial charge on any atom is 0.230 e. The van der Waals surface area contributed by atoms with E-state index in [-0.39, 0.29) is 12.0 Å². The molecule has 1 amide bonds. The molecule has 2 aromatic rings. The lowest BCUT2D eigenvalue weighted by Gasteiger charge is -2.20. The molecule has 0 heterocycles. The van der Waals surface area contributed by atoms with Crippen molar-refractivity contribution >= 4 is 52.5 Å². The quantitative estimate of drug-likeness (QED) is 0.625. The van der Waals surface area contributed by atoms with Gasteiger partial charge in [-0.1, -0.05) is 53.0 Å². The van der Waals surface area contributed by atoms with Gasteiger partial charge in [-0.2, -0.15) is 11.8 Å². The van der Waals surface area contributed by atoms with Gasteiger partial charge in [-0.25, -0.2) is 0 Å². The third-order valence-corrected chi connectivity index (χ3v) is 4.80. The second-order valence-electron chi connectivity index (χ2n) is 5.33. The van der Waals surface area contributed by atoms with E-state index in [1.807, 2.05) is 36.6 Å². The van der Waals surface area contributed by atoms with E-state index in [0.717, 1.165) is 11.1 Å². The third kappa shape index (κ3) is 6.72. The number of carbonyl (C=O) groups excluding carboxylic acids is 1. The van der Waals surface area contributed by atoms with E-state index in [4.69, 9.17) is 39.5 Å². The summed E-state index contributed by atoms with van der Waals surface area (Å²) in [5, 5.41) is 4.60. The number of hydrogen-bond donors (Lipinski definition) is 1. The normalized spacial score (nSPS) is 12.0. The summed E-state index contributed by atoms with van der Waals surface area (Å²) < 4.78 is 6.01. The van der Waals surface area contributed by atoms with E-state index in [2.05, 4.69) is 5.32 Å². The van der Waals surface area contributed by atoms with E-state index in [0.29, 0.717) is 34.0 Å². The first kappa shape index (κ1) is 20.4. The number of hydrogen-bond acceptors (Lipinski definition) is 3. The zero-order valence-electron chi connectivity index (χ0n) is 13.6. The first-order valence-corrected chi connectivity index (χ1v) is 10.1. The van der Waals surface area contributed by atoms with Crippen LogP contribution in [0.5, 0.6) is 0 Å². The number of thioether (sulfide) groups is 1. The zero-order chi connectivity index (χ0) is 18.2. The van der Waals surface area contributed by atoms with Crippen LogP contribution < -0.4 is 5.32 Å². The average Bonchev–Trinajstić information content (AvgIpc) is 2.57. The van der Waals surface area contributed by atoms with E-state index >= 15 is 0 Å². The van der Waals surface area contributed by atoms with Gasteiger partial charge >= 0.3 is 0 Å². The molecule has 2 rings (SSSR count). The molecule has 0 aliphatic carbocycles. The summed E-state index contributed by atoms with van der Waals surface area (Å²) >= 11 is 19.6. The molecule has 0 spiro atoms. The molecule has 0 radical (unpaired) electrons. The fourth-order valence-corrected chi connectivity index (χ4v) is 3.21. The number of amides is 1. The van der Waals surface area contributed by atoms with Gasteiger partial charge in [0.1, 0.15) is 6.10 Å². The Balaban J connectivity index is 2.10. The van der Waals surface area contributed by atoms with Gasteiger partial charge in [0.05, 0.1) is 12.4 Å². The van der Waals surface area contributed by atoms with Crippen LogP contribution >= 0.6 is 46.6 Å². The van der Waals surface area contributed by atoms with Crippen molar-refractivity contribution in [1.29, 1.82) is 0 Å². The smallest absolute Gasteiger partial charge is 0.230 e. The van der Waals surface area contributed by atoms with Gasteiger partial charge in [0.15, 0.2) is 0 Å². The third-order valence-electron chi connectivity index (χ3n) is 3.43. The Morgan fingerprint density at radius 1 is 1.12 bits per heavy atom. The van der Waals surface area contributed by atoms with Crippen molar-refractivity contribution in [2.24, 2.45) is 0 Å². The van der Waals surface area contributed by atoms with Crippen LogP contribution in [0.4, 0.5) is 0 Å². The number of rotatable bonds is 8. The minimum atomic E-state index is -0.383. The molecule has 25 heavy (non-hydrogen) atoms. The molecular weight excluding hydrogens is 401 g/mol. The van der Waals surface area contributed by atoms with Gasteiger partial charge in [0.2, 0.25) is 5.91 Å². The summed E-state index contributed by atoms with van der Waals surface area (Å²) in [5.41, 5.74) is 1.76. The molecular formula is C18H18Cl3NO2S. The average molecular weight is 419 g/mol. The molecule has 7 heteroatoms. The number of benzene rings is 2. The topological polar surface area (TPSA) is 38.3 Å². The van der Waals surface area contributed by atoms with Gasteiger partial charge in [0.25, 0.3) is 0 Å². The predicted octanol–water partition coefficient (Wildman–Crippen LogP) is 5.38. The predicted molar refractivity (Wildman–Crippen MR) is 107 cm³/mol. The molecule has 0 saturated heterocycles. The number of nitrogens with one attached hydrogen (secondary N) is 1. The number of halogens is 3. The molecule has 0 aliphatic rings. The molecule has 2 aromatic carbocycles. The Hall–Kier alpha value is -0.910. The highest BCUT2D eigenvalue weighted by molar-refractivity contribution is 7.99. The van der Waals surface area contributed by atoms with Crippen molar-refractivity contribution in [3.8, 4) is 0 Å². The number of ether oxygens (including phenoxy) is 1. The molecule has 134 valence electrons. The number of carbonyl (C=O) groups is 1. The van der Waals surface area contributed by atoms with E-state index in [1.54, 1.807) is 12.1 Å². The van der Waals surface area contributed by atoms with Gasteiger partial charge in [-0.05, 0) is 36.1 Å². The summed E-state index contributed by atoms with van der Waals surface area (Å²) in [5.74, 6) is 0.357. The van der Waals surface area contributed by atoms with Crippen LogP contribution in [0.1, 0.15) is 17.2 Å². The molecule has 1 N–H and O–H groups in total. The lowest BCUT2D eigenvalue weighted by atomic mass is 10.1. The fourth-order valence-electron chi connectivity index (χ4n) is 2.19. The zero-order valence-corrected chi connectivity index (χ0v) is 16.7. The standard InChI is InChI=1S/C18H18Cl3NO2S/c1-25-11-18(23)22-9-17(15-7-6-14(20)8-16(15)21)24-10-12-2-4-13(19)5-3-12/h2-8,17H,9-11H2,1H3,(H,22,23). The van der Waals surface area contributed by atoms with E-state index in [1.165, 1.54) is 11.8 Å². The van der Waals surface area contributed by atoms with Gasteiger partial charge in [0, 0.05) is 27.2 Å². The highest BCUT2D eigenvalue weighted by Gasteiger charge is 2.17. The molecule has 3 nitrogen and oxygen atoms in total. The lowest BCUT2D eigenvalue weighted by Crippen LogP contribution is -2.30. The maximum atomic E-state index is 11.8. The van der Waals surface area contributed by atoms with E-state index in [9.17, 15) is 4.79 Å². The summed E-state index contributed by atoms with van der Waals surface area (Å²) in [6.07, 6.45) is 1.50. The van der Waals surface area contributed by atoms with Crippen LogP contribution in [-0.4, -0.2) is 24.5 Å². The molecule has 1 atom stereocenters. The highest BCUT2D eigenvalue weighted by atomic mass is 35.5. The summed E-state index contributed by atoms with van der Waals surface area (Å²) in [4.78, 5) is 11.8. The minimum Gasteiger partial charge on any atom is -0.367 e. The lowest BCUT2D eigenvalue weighted by molar-refractivity contribution is -0.119. The van der Waals surface area contributed by atoms with Crippen molar-refractivity contribution in [3.63, 3.8) is 0 Å². The van der Waals surface area contributed by atoms with Crippen molar-refractivity contribution in [3.05, 3.63) is 68.7 Å². The molecule has 0 saturated carbocycles. The van der Waals surface area contributed by atoms with Crippen LogP contribution in [0.15, 0.2) is 42.5 Å². The van der Waals surface area contributed by atoms with Crippen LogP contribution in [0.2, 0.25) is 15.1 Å². The molecule has 0 fully saturated rings. The maximum absolute atomic E-state index is 11.8. The summed E-state index contributed by atoms with van der Waals surface area (Å²) in [6.45, 7) is 0.702. The summed E-state index contributed by atoms with van der Waals surface area (Å²) in [7, 11) is 0. The molecule has 0 aromatic heterocycles. The Labute approximate surface area is 167 Å². The fraction of sp³-hybridized carbons (Fsp3) is 0.278. The Morgan fingerprint density at radius 2 is 1.80 bits per heavy atom. The van der Waals surface area contributed by atoms with Crippen LogP contribution in [0.3, 0.4) is 0 Å². The second-order valence-corrected chi connectivity index (χ2v) is 7.48. The van der Waals surface area contributed by atoms with Crippen molar-refractivity contribution in [1.82, 2.24) is 5.32 Å². The van der Waals surface area contributed by atoms with Crippen LogP contribution in [0, 0.1) is 0 Å². The SMILES string of the molecule is CSCC(=O)NCC(OCc1ccc(Cl)cc1)c1ccc(Cl)cc1Cl. The molecule has 0 bridgehead atoms. The van der Waals surface area contributed by atoms with Gasteiger partial charge < -0.3 is 10.1 Å². The van der Waals surface area contributed by atoms with Crippen molar-refractivity contribution in [2.75, 3.05) is 18.6 Å². The van der Waals surface area contributed by atoms with Gasteiger partial charge in [-0.3, -0.25) is 4.79 Å². The Bertz CT molecular complexity index is 710. The first-order chi connectivity index (χ1) is 12.0. The Morgan fingerprint density at radius 3 is 2.44 bits per heavy atom. The van der Waals surface area contributed by atoms with Crippen LogP contribution in [-0.2, 0) is 16.1 Å². The Kier molecular flexibility index (Phi) is 8.40. The second kappa shape index (κ2) is 10.3.